The summed E-state index contributed by atoms with van der Waals surface area (Å²) in [4.78, 5) is 20.9. The number of imidazole rings is 1. The fourth-order valence-corrected chi connectivity index (χ4v) is 2.28. The number of pyridine rings is 1. The highest BCUT2D eigenvalue weighted by Gasteiger charge is 2.18. The maximum Gasteiger partial charge on any atom is 0.267 e. The summed E-state index contributed by atoms with van der Waals surface area (Å²) in [6, 6.07) is 7.51. The first-order valence-electron chi connectivity index (χ1n) is 6.62. The standard InChI is InChI=1S/C15H14FN5O/c1-8-18-13-11(15(22)20-17)7-12(19-14(13)21(8)2)9-3-5-10(16)6-4-9/h3-7H,17H2,1-2H3,(H,20,22). The number of carbonyl (C=O) groups is 1. The molecule has 0 aliphatic rings. The van der Waals surface area contributed by atoms with Gasteiger partial charge in [0, 0.05) is 12.6 Å². The molecule has 0 unspecified atom stereocenters. The number of nitrogens with one attached hydrogen (secondary N) is 1. The fraction of sp³-hybridized carbons (Fsp3) is 0.133. The van der Waals surface area contributed by atoms with Gasteiger partial charge in [-0.1, -0.05) is 0 Å². The highest BCUT2D eigenvalue weighted by atomic mass is 19.1. The third-order valence-electron chi connectivity index (χ3n) is 3.57. The lowest BCUT2D eigenvalue weighted by Gasteiger charge is -2.06. The number of carbonyl (C=O) groups excluding carboxylic acids is 1. The predicted molar refractivity (Wildman–Crippen MR) is 80.3 cm³/mol. The molecule has 112 valence electrons. The number of benzene rings is 1. The molecule has 7 heteroatoms. The average molecular weight is 299 g/mol. The zero-order valence-corrected chi connectivity index (χ0v) is 12.1. The highest BCUT2D eigenvalue weighted by molar-refractivity contribution is 6.05. The van der Waals surface area contributed by atoms with Gasteiger partial charge in [0.1, 0.15) is 17.2 Å². The summed E-state index contributed by atoms with van der Waals surface area (Å²) in [5, 5.41) is 0. The van der Waals surface area contributed by atoms with E-state index in [1.165, 1.54) is 12.1 Å². The molecule has 0 saturated carbocycles. The van der Waals surface area contributed by atoms with E-state index in [1.54, 1.807) is 22.8 Å². The topological polar surface area (TPSA) is 85.8 Å². The zero-order chi connectivity index (χ0) is 15.9. The Morgan fingerprint density at radius 2 is 1.95 bits per heavy atom. The highest BCUT2D eigenvalue weighted by Crippen LogP contribution is 2.25. The molecule has 0 bridgehead atoms. The Hall–Kier alpha value is -2.80. The molecule has 22 heavy (non-hydrogen) atoms. The van der Waals surface area contributed by atoms with Crippen molar-refractivity contribution in [1.29, 1.82) is 0 Å². The monoisotopic (exact) mass is 299 g/mol. The number of aromatic nitrogens is 3. The Kier molecular flexibility index (Phi) is 3.34. The molecule has 3 rings (SSSR count). The van der Waals surface area contributed by atoms with Crippen LogP contribution in [0.5, 0.6) is 0 Å². The third kappa shape index (κ3) is 2.21. The van der Waals surface area contributed by atoms with Crippen LogP contribution in [0.2, 0.25) is 0 Å². The van der Waals surface area contributed by atoms with E-state index in [1.807, 2.05) is 14.0 Å². The van der Waals surface area contributed by atoms with E-state index >= 15 is 0 Å². The van der Waals surface area contributed by atoms with Crippen molar-refractivity contribution in [2.24, 2.45) is 12.9 Å². The Morgan fingerprint density at radius 1 is 1.27 bits per heavy atom. The summed E-state index contributed by atoms with van der Waals surface area (Å²) in [7, 11) is 1.82. The molecule has 0 spiro atoms. The van der Waals surface area contributed by atoms with Crippen molar-refractivity contribution in [1.82, 2.24) is 20.0 Å². The summed E-state index contributed by atoms with van der Waals surface area (Å²) < 4.78 is 14.9. The van der Waals surface area contributed by atoms with E-state index in [4.69, 9.17) is 5.84 Å². The Balaban J connectivity index is 2.30. The van der Waals surface area contributed by atoms with Gasteiger partial charge < -0.3 is 4.57 Å². The van der Waals surface area contributed by atoms with Crippen molar-refractivity contribution in [2.75, 3.05) is 0 Å². The SMILES string of the molecule is Cc1nc2c(C(=O)NN)cc(-c3ccc(F)cc3)nc2n1C. The number of amides is 1. The van der Waals surface area contributed by atoms with Crippen LogP contribution >= 0.6 is 0 Å². The number of hydrogen-bond donors (Lipinski definition) is 2. The van der Waals surface area contributed by atoms with Gasteiger partial charge in [0.05, 0.1) is 11.3 Å². The number of hydrogen-bond acceptors (Lipinski definition) is 4. The van der Waals surface area contributed by atoms with Gasteiger partial charge >= 0.3 is 0 Å². The summed E-state index contributed by atoms with van der Waals surface area (Å²) in [5.74, 6) is 5.19. The molecule has 0 atom stereocenters. The van der Waals surface area contributed by atoms with Crippen molar-refractivity contribution in [3.63, 3.8) is 0 Å². The molecule has 0 saturated heterocycles. The van der Waals surface area contributed by atoms with Gasteiger partial charge in [0.15, 0.2) is 5.65 Å². The number of nitrogens with two attached hydrogens (primary N) is 1. The molecule has 0 aliphatic carbocycles. The maximum atomic E-state index is 13.1. The van der Waals surface area contributed by atoms with Crippen molar-refractivity contribution in [3.8, 4) is 11.3 Å². The van der Waals surface area contributed by atoms with Gasteiger partial charge in [-0.2, -0.15) is 0 Å². The summed E-state index contributed by atoms with van der Waals surface area (Å²) in [6.07, 6.45) is 0. The number of hydrazine groups is 1. The summed E-state index contributed by atoms with van der Waals surface area (Å²) >= 11 is 0. The first-order chi connectivity index (χ1) is 10.5. The van der Waals surface area contributed by atoms with E-state index in [9.17, 15) is 9.18 Å². The maximum absolute atomic E-state index is 13.1. The fourth-order valence-electron chi connectivity index (χ4n) is 2.28. The first-order valence-corrected chi connectivity index (χ1v) is 6.62. The molecule has 3 aromatic rings. The number of fused-ring (bicyclic) bond motifs is 1. The smallest absolute Gasteiger partial charge is 0.267 e. The van der Waals surface area contributed by atoms with Crippen molar-refractivity contribution >= 4 is 17.1 Å². The molecular formula is C15H14FN5O. The van der Waals surface area contributed by atoms with Crippen LogP contribution in [0.15, 0.2) is 30.3 Å². The van der Waals surface area contributed by atoms with Crippen LogP contribution in [0, 0.1) is 12.7 Å². The molecule has 2 aromatic heterocycles. The number of nitrogens with zero attached hydrogens (tertiary/aromatic N) is 3. The Labute approximate surface area is 125 Å². The van der Waals surface area contributed by atoms with Crippen LogP contribution in [0.1, 0.15) is 16.2 Å². The van der Waals surface area contributed by atoms with Crippen molar-refractivity contribution in [3.05, 3.63) is 47.5 Å². The van der Waals surface area contributed by atoms with Crippen LogP contribution < -0.4 is 11.3 Å². The van der Waals surface area contributed by atoms with Gasteiger partial charge in [0.2, 0.25) is 0 Å². The molecule has 3 N–H and O–H groups in total. The lowest BCUT2D eigenvalue weighted by Crippen LogP contribution is -2.30. The zero-order valence-electron chi connectivity index (χ0n) is 12.1. The molecule has 1 amide bonds. The number of nitrogen functional groups attached to an aromatic ring is 1. The summed E-state index contributed by atoms with van der Waals surface area (Å²) in [6.45, 7) is 1.82. The van der Waals surface area contributed by atoms with Crippen LogP contribution in [0.3, 0.4) is 0 Å². The Bertz CT molecular complexity index is 870. The normalized spacial score (nSPS) is 10.9. The van der Waals surface area contributed by atoms with Crippen molar-refractivity contribution in [2.45, 2.75) is 6.92 Å². The predicted octanol–water partition coefficient (Wildman–Crippen LogP) is 1.69. The summed E-state index contributed by atoms with van der Waals surface area (Å²) in [5.41, 5.74) is 4.74. The molecule has 0 aliphatic heterocycles. The van der Waals surface area contributed by atoms with Crippen LogP contribution in [-0.4, -0.2) is 20.4 Å². The largest absolute Gasteiger partial charge is 0.316 e. The molecule has 0 radical (unpaired) electrons. The lowest BCUT2D eigenvalue weighted by atomic mass is 10.1. The molecule has 1 aromatic carbocycles. The lowest BCUT2D eigenvalue weighted by molar-refractivity contribution is 0.0955. The average Bonchev–Trinajstić information content (AvgIpc) is 2.81. The minimum atomic E-state index is -0.450. The Morgan fingerprint density at radius 3 is 2.59 bits per heavy atom. The second-order valence-corrected chi connectivity index (χ2v) is 4.93. The van der Waals surface area contributed by atoms with E-state index in [2.05, 4.69) is 15.4 Å². The minimum absolute atomic E-state index is 0.329. The first kappa shape index (κ1) is 14.2. The molecule has 2 heterocycles. The minimum Gasteiger partial charge on any atom is -0.316 e. The van der Waals surface area contributed by atoms with Crippen LogP contribution in [0.25, 0.3) is 22.4 Å². The van der Waals surface area contributed by atoms with Gasteiger partial charge in [0.25, 0.3) is 5.91 Å². The van der Waals surface area contributed by atoms with Gasteiger partial charge in [-0.25, -0.2) is 20.2 Å². The second-order valence-electron chi connectivity index (χ2n) is 4.93. The number of rotatable bonds is 2. The third-order valence-corrected chi connectivity index (χ3v) is 3.57. The molecule has 6 nitrogen and oxygen atoms in total. The van der Waals surface area contributed by atoms with Crippen LogP contribution in [0.4, 0.5) is 4.39 Å². The number of aryl methyl sites for hydroxylation is 2. The van der Waals surface area contributed by atoms with E-state index in [0.717, 1.165) is 5.82 Å². The van der Waals surface area contributed by atoms with Gasteiger partial charge in [-0.15, -0.1) is 0 Å². The van der Waals surface area contributed by atoms with Crippen LogP contribution in [-0.2, 0) is 7.05 Å². The van der Waals surface area contributed by atoms with E-state index < -0.39 is 5.91 Å². The quantitative estimate of drug-likeness (QED) is 0.428. The van der Waals surface area contributed by atoms with Crippen molar-refractivity contribution < 1.29 is 9.18 Å². The van der Waals surface area contributed by atoms with E-state index in [-0.39, 0.29) is 5.82 Å². The second kappa shape index (κ2) is 5.19. The van der Waals surface area contributed by atoms with E-state index in [0.29, 0.717) is 28.0 Å². The molecular weight excluding hydrogens is 285 g/mol. The van der Waals surface area contributed by atoms with Gasteiger partial charge in [-0.05, 0) is 37.3 Å². The molecule has 0 fully saturated rings. The van der Waals surface area contributed by atoms with Gasteiger partial charge in [-0.3, -0.25) is 10.2 Å². The number of halogens is 1.